The van der Waals surface area contributed by atoms with E-state index in [9.17, 15) is 9.59 Å². The van der Waals surface area contributed by atoms with Gasteiger partial charge in [0.2, 0.25) is 23.3 Å². The highest BCUT2D eigenvalue weighted by molar-refractivity contribution is 5.94. The van der Waals surface area contributed by atoms with Crippen LogP contribution in [0.25, 0.3) is 0 Å². The summed E-state index contributed by atoms with van der Waals surface area (Å²) in [6.45, 7) is 17.2. The van der Waals surface area contributed by atoms with Gasteiger partial charge in [-0.1, -0.05) is 413 Å². The number of unbranched alkanes of at least 4 members (excludes halogenated alkanes) is 54. The van der Waals surface area contributed by atoms with E-state index >= 15 is 0 Å². The van der Waals surface area contributed by atoms with Gasteiger partial charge < -0.3 is 39.1 Å². The Morgan fingerprint density at radius 1 is 0.232 bits per heavy atom. The van der Waals surface area contributed by atoms with E-state index in [0.29, 0.717) is 96.9 Å². The first-order valence-corrected chi connectivity index (χ1v) is 47.6. The zero-order chi connectivity index (χ0) is 79.7. The highest BCUT2D eigenvalue weighted by atomic mass is 16.5. The number of rotatable bonds is 80. The van der Waals surface area contributed by atoms with Crippen LogP contribution in [0.15, 0.2) is 83.0 Å². The van der Waals surface area contributed by atoms with E-state index in [1.54, 1.807) is 0 Å². The van der Waals surface area contributed by atoms with Crippen LogP contribution in [0, 0.1) is 0 Å². The van der Waals surface area contributed by atoms with Crippen molar-refractivity contribution in [3.63, 3.8) is 0 Å². The van der Waals surface area contributed by atoms with Gasteiger partial charge in [-0.05, 0) is 73.9 Å². The van der Waals surface area contributed by atoms with E-state index in [2.05, 4.69) is 62.4 Å². The number of nitrogens with one attached hydrogen (secondary N) is 2. The van der Waals surface area contributed by atoms with Crippen LogP contribution in [-0.4, -0.2) is 51.5 Å². The molecule has 0 bridgehead atoms. The molecule has 0 spiro atoms. The molecule has 0 fully saturated rings. The van der Waals surface area contributed by atoms with Crippen molar-refractivity contribution in [3.8, 4) is 34.5 Å². The molecule has 4 rings (SSSR count). The fourth-order valence-electron chi connectivity index (χ4n) is 14.9. The quantitative estimate of drug-likeness (QED) is 0.0329. The molecule has 4 aromatic rings. The van der Waals surface area contributed by atoms with Crippen molar-refractivity contribution in [1.82, 2.24) is 0 Å². The van der Waals surface area contributed by atoms with E-state index in [-0.39, 0.29) is 24.7 Å². The minimum atomic E-state index is -0.136. The lowest BCUT2D eigenvalue weighted by molar-refractivity contribution is -0.116. The fourth-order valence-corrected chi connectivity index (χ4v) is 14.9. The first kappa shape index (κ1) is 98.6. The SMILES string of the molecule is CCCCCCCCCCCCOc1cc(NC(=O)Cc2ccc(N=Nc3ccc(CC(=O)Nc4cc(OCCCCCCCCCCCC)c(OCCCCCCCCCCCC)c(OCCCCCCCCCCCC)c4)cc3)cc2)cc(OCCCCCCCCCCCC)c1OCCCCCCCCCCCC. The van der Waals surface area contributed by atoms with E-state index < -0.39 is 0 Å². The predicted molar refractivity (Wildman–Crippen MR) is 479 cm³/mol. The third kappa shape index (κ3) is 52.7. The zero-order valence-electron chi connectivity index (χ0n) is 73.2. The molecule has 2 amide bonds. The molecule has 4 aromatic carbocycles. The monoisotopic (exact) mass is 1550 g/mol. The molecule has 0 saturated carbocycles. The highest BCUT2D eigenvalue weighted by Gasteiger charge is 2.21. The summed E-state index contributed by atoms with van der Waals surface area (Å²) in [5.41, 5.74) is 4.33. The highest BCUT2D eigenvalue weighted by Crippen LogP contribution is 2.43. The van der Waals surface area contributed by atoms with Gasteiger partial charge in [-0.2, -0.15) is 10.2 Å². The predicted octanol–water partition coefficient (Wildman–Crippen LogP) is 32.3. The van der Waals surface area contributed by atoms with Gasteiger partial charge in [-0.15, -0.1) is 0 Å². The minimum absolute atomic E-state index is 0.136. The molecular formula is C100H168N4O8. The zero-order valence-corrected chi connectivity index (χ0v) is 73.2. The number of amides is 2. The summed E-state index contributed by atoms with van der Waals surface area (Å²) in [5.74, 6) is 3.56. The Morgan fingerprint density at radius 3 is 0.589 bits per heavy atom. The van der Waals surface area contributed by atoms with Gasteiger partial charge in [0.15, 0.2) is 23.0 Å². The molecule has 0 aliphatic heterocycles. The Kier molecular flexibility index (Phi) is 63.1. The van der Waals surface area contributed by atoms with Gasteiger partial charge >= 0.3 is 0 Å². The molecule has 0 aromatic heterocycles. The molecule has 0 atom stereocenters. The van der Waals surface area contributed by atoms with Crippen molar-refractivity contribution in [1.29, 1.82) is 0 Å². The summed E-state index contributed by atoms with van der Waals surface area (Å²) < 4.78 is 39.9. The second-order valence-electron chi connectivity index (χ2n) is 32.8. The lowest BCUT2D eigenvalue weighted by Gasteiger charge is -2.19. The Morgan fingerprint density at radius 2 is 0.402 bits per heavy atom. The average Bonchev–Trinajstić information content (AvgIpc) is 0.829. The molecule has 0 aliphatic rings. The molecule has 0 heterocycles. The number of hydrogen-bond donors (Lipinski definition) is 2. The van der Waals surface area contributed by atoms with Gasteiger partial charge in [0.05, 0.1) is 63.9 Å². The molecule has 112 heavy (non-hydrogen) atoms. The van der Waals surface area contributed by atoms with Crippen molar-refractivity contribution in [2.75, 3.05) is 50.3 Å². The van der Waals surface area contributed by atoms with Gasteiger partial charge in [0, 0.05) is 35.6 Å². The number of nitrogens with zero attached hydrogens (tertiary/aromatic N) is 2. The maximum Gasteiger partial charge on any atom is 0.228 e. The molecule has 0 saturated heterocycles. The molecule has 2 N–H and O–H groups in total. The molecule has 0 unspecified atom stereocenters. The topological polar surface area (TPSA) is 138 Å². The molecular weight excluding hydrogens is 1390 g/mol. The normalized spacial score (nSPS) is 11.4. The third-order valence-electron chi connectivity index (χ3n) is 22.0. The molecule has 0 radical (unpaired) electrons. The summed E-state index contributed by atoms with van der Waals surface area (Å²) in [6, 6.07) is 23.1. The minimum Gasteiger partial charge on any atom is -0.489 e. The smallest absolute Gasteiger partial charge is 0.228 e. The van der Waals surface area contributed by atoms with E-state index in [1.165, 1.54) is 308 Å². The van der Waals surface area contributed by atoms with Crippen molar-refractivity contribution < 1.29 is 38.0 Å². The number of hydrogen-bond acceptors (Lipinski definition) is 10. The Bertz CT molecular complexity index is 2580. The standard InChI is InChI=1S/C100H168N4O8/c1-7-13-19-25-31-37-43-49-55-61-75-107-93-83-91(84-94(108-76-62-56-50-44-38-32-26-20-14-8-2)99(93)111-79-65-59-53-47-41-35-29-23-17-11-5)101-97(105)81-87-67-71-89(72-68-87)103-104-90-73-69-88(70-74-90)82-98(106)102-92-85-95(109-77-63-57-51-45-39-33-27-21-15-9-3)100(112-80-66-60-54-48-42-36-30-24-18-12-6)96(86-92)110-78-64-58-52-46-40-34-28-22-16-10-4/h67-74,83-86H,7-66,75-82H2,1-6H3,(H,101,105)(H,102,106). The first-order chi connectivity index (χ1) is 55.3. The fraction of sp³-hybridized carbons (Fsp3) is 0.740. The van der Waals surface area contributed by atoms with Crippen molar-refractivity contribution in [2.45, 2.75) is 440 Å². The maximum atomic E-state index is 14.0. The van der Waals surface area contributed by atoms with Crippen molar-refractivity contribution in [2.24, 2.45) is 10.2 Å². The van der Waals surface area contributed by atoms with Crippen LogP contribution >= 0.6 is 0 Å². The Labute approximate surface area is 687 Å². The largest absolute Gasteiger partial charge is 0.489 e. The number of azo groups is 1. The second-order valence-corrected chi connectivity index (χ2v) is 32.8. The van der Waals surface area contributed by atoms with Gasteiger partial charge in [-0.25, -0.2) is 0 Å². The number of carbonyl (C=O) groups excluding carboxylic acids is 2. The number of anilines is 2. The van der Waals surface area contributed by atoms with Crippen LogP contribution in [-0.2, 0) is 22.4 Å². The van der Waals surface area contributed by atoms with Crippen LogP contribution in [0.4, 0.5) is 22.7 Å². The molecule has 0 aliphatic carbocycles. The van der Waals surface area contributed by atoms with Gasteiger partial charge in [0.1, 0.15) is 0 Å². The van der Waals surface area contributed by atoms with Crippen LogP contribution in [0.3, 0.4) is 0 Å². The van der Waals surface area contributed by atoms with E-state index in [1.807, 2.05) is 72.8 Å². The van der Waals surface area contributed by atoms with E-state index in [4.69, 9.17) is 28.4 Å². The van der Waals surface area contributed by atoms with Crippen LogP contribution in [0.2, 0.25) is 0 Å². The summed E-state index contributed by atoms with van der Waals surface area (Å²) in [5, 5.41) is 15.6. The average molecular weight is 1550 g/mol. The third-order valence-corrected chi connectivity index (χ3v) is 22.0. The number of ether oxygens (including phenoxy) is 6. The van der Waals surface area contributed by atoms with Crippen LogP contribution < -0.4 is 39.1 Å². The van der Waals surface area contributed by atoms with E-state index in [0.717, 1.165) is 88.2 Å². The van der Waals surface area contributed by atoms with Crippen LogP contribution in [0.1, 0.15) is 438 Å². The van der Waals surface area contributed by atoms with Crippen molar-refractivity contribution in [3.05, 3.63) is 83.9 Å². The summed E-state index contributed by atoms with van der Waals surface area (Å²) in [6.07, 6.45) is 75.7. The maximum absolute atomic E-state index is 14.0. The lowest BCUT2D eigenvalue weighted by Crippen LogP contribution is -2.15. The Hall–Kier alpha value is -5.78. The number of benzene rings is 4. The second kappa shape index (κ2) is 71.7. The lowest BCUT2D eigenvalue weighted by atomic mass is 10.1. The van der Waals surface area contributed by atoms with Crippen molar-refractivity contribution >= 4 is 34.6 Å². The van der Waals surface area contributed by atoms with Gasteiger partial charge in [-0.3, -0.25) is 9.59 Å². The van der Waals surface area contributed by atoms with Crippen LogP contribution in [0.5, 0.6) is 34.5 Å². The number of carbonyl (C=O) groups is 2. The Balaban J connectivity index is 1.43. The molecule has 12 heteroatoms. The molecule has 636 valence electrons. The first-order valence-electron chi connectivity index (χ1n) is 47.6. The van der Waals surface area contributed by atoms with Gasteiger partial charge in [0.25, 0.3) is 0 Å². The summed E-state index contributed by atoms with van der Waals surface area (Å²) >= 11 is 0. The summed E-state index contributed by atoms with van der Waals surface area (Å²) in [4.78, 5) is 28.0. The summed E-state index contributed by atoms with van der Waals surface area (Å²) in [7, 11) is 0. The molecule has 12 nitrogen and oxygen atoms in total.